The first-order valence-corrected chi connectivity index (χ1v) is 9.64. The molecule has 3 heteroatoms. The van der Waals surface area contributed by atoms with E-state index in [0.717, 1.165) is 34.6 Å². The predicted octanol–water partition coefficient (Wildman–Crippen LogP) is 6.43. The lowest BCUT2D eigenvalue weighted by atomic mass is 9.81. The Morgan fingerprint density at radius 3 is 2.72 bits per heavy atom. The number of nitrogens with one attached hydrogen (secondary N) is 1. The van der Waals surface area contributed by atoms with Crippen LogP contribution in [-0.2, 0) is 11.8 Å². The van der Waals surface area contributed by atoms with Crippen LogP contribution in [0.15, 0.2) is 46.6 Å². The van der Waals surface area contributed by atoms with Gasteiger partial charge in [0.2, 0.25) is 0 Å². The summed E-state index contributed by atoms with van der Waals surface area (Å²) in [6.45, 7) is 14.8. The lowest BCUT2D eigenvalue weighted by molar-refractivity contribution is 0.507. The highest BCUT2D eigenvalue weighted by Crippen LogP contribution is 2.41. The van der Waals surface area contributed by atoms with Gasteiger partial charge in [0.25, 0.3) is 0 Å². The molecule has 0 unspecified atom stereocenters. The van der Waals surface area contributed by atoms with Gasteiger partial charge in [-0.2, -0.15) is 0 Å². The standard InChI is InChI=1S/C22H26N2S/c1-7-22(5,6)14-9-10-15-16-12-17(24-8-2)19(13(3)4)20(23)21(16)25-18(15)11-14/h8-11,23H,3,7,12H2,1-2,4-6H3. The zero-order chi connectivity index (χ0) is 18.4. The Balaban J connectivity index is 2.19. The van der Waals surface area contributed by atoms with Gasteiger partial charge in [-0.3, -0.25) is 10.4 Å². The van der Waals surface area contributed by atoms with Crippen LogP contribution in [0.5, 0.6) is 0 Å². The van der Waals surface area contributed by atoms with Crippen LogP contribution >= 0.6 is 11.3 Å². The van der Waals surface area contributed by atoms with Crippen molar-refractivity contribution in [1.82, 2.24) is 0 Å². The largest absolute Gasteiger partial charge is 0.299 e. The molecule has 3 rings (SSSR count). The Bertz CT molecular complexity index is 938. The van der Waals surface area contributed by atoms with Gasteiger partial charge in [0.15, 0.2) is 0 Å². The van der Waals surface area contributed by atoms with Crippen LogP contribution in [0.4, 0.5) is 0 Å². The summed E-state index contributed by atoms with van der Waals surface area (Å²) in [6, 6.07) is 6.81. The Hall–Kier alpha value is -2.00. The first-order valence-electron chi connectivity index (χ1n) is 8.83. The molecule has 0 atom stereocenters. The van der Waals surface area contributed by atoms with E-state index in [1.165, 1.54) is 21.2 Å². The minimum atomic E-state index is 0.172. The van der Waals surface area contributed by atoms with Crippen LogP contribution in [0.1, 0.15) is 57.0 Å². The topological polar surface area (TPSA) is 36.2 Å². The fourth-order valence-corrected chi connectivity index (χ4v) is 4.61. The van der Waals surface area contributed by atoms with Crippen molar-refractivity contribution in [2.75, 3.05) is 0 Å². The van der Waals surface area contributed by atoms with Gasteiger partial charge >= 0.3 is 0 Å². The van der Waals surface area contributed by atoms with Crippen molar-refractivity contribution >= 4 is 33.3 Å². The van der Waals surface area contributed by atoms with Gasteiger partial charge in [0.1, 0.15) is 0 Å². The van der Waals surface area contributed by atoms with Crippen molar-refractivity contribution in [2.24, 2.45) is 4.99 Å². The number of hydrogen-bond donors (Lipinski definition) is 1. The lowest BCUT2D eigenvalue weighted by Crippen LogP contribution is -2.15. The van der Waals surface area contributed by atoms with Crippen molar-refractivity contribution in [3.63, 3.8) is 0 Å². The molecule has 1 aliphatic rings. The molecule has 0 aliphatic heterocycles. The molecule has 2 aromatic rings. The Kier molecular flexibility index (Phi) is 4.54. The summed E-state index contributed by atoms with van der Waals surface area (Å²) in [7, 11) is 0. The van der Waals surface area contributed by atoms with E-state index >= 15 is 0 Å². The van der Waals surface area contributed by atoms with Gasteiger partial charge in [0.05, 0.1) is 16.3 Å². The number of aliphatic imine (C=N–C) groups is 1. The summed E-state index contributed by atoms with van der Waals surface area (Å²) in [5.41, 5.74) is 6.15. The normalized spacial score (nSPS) is 15.3. The highest BCUT2D eigenvalue weighted by molar-refractivity contribution is 7.21. The van der Waals surface area contributed by atoms with Gasteiger partial charge in [0, 0.05) is 22.9 Å². The smallest absolute Gasteiger partial charge is 0.0808 e. The molecule has 1 aliphatic carbocycles. The summed E-state index contributed by atoms with van der Waals surface area (Å²) < 4.78 is 1.27. The second-order valence-corrected chi connectivity index (χ2v) is 8.45. The van der Waals surface area contributed by atoms with Gasteiger partial charge in [-0.1, -0.05) is 39.5 Å². The Morgan fingerprint density at radius 2 is 2.12 bits per heavy atom. The number of rotatable bonds is 4. The summed E-state index contributed by atoms with van der Waals surface area (Å²) >= 11 is 1.74. The summed E-state index contributed by atoms with van der Waals surface area (Å²) in [6.07, 6.45) is 3.70. The zero-order valence-electron chi connectivity index (χ0n) is 15.8. The summed E-state index contributed by atoms with van der Waals surface area (Å²) in [5.74, 6) is 0. The Morgan fingerprint density at radius 1 is 1.40 bits per heavy atom. The third-order valence-corrected chi connectivity index (χ3v) is 6.49. The molecule has 0 bridgehead atoms. The van der Waals surface area contributed by atoms with E-state index in [2.05, 4.69) is 50.5 Å². The number of fused-ring (bicyclic) bond motifs is 3. The van der Waals surface area contributed by atoms with Crippen LogP contribution < -0.4 is 0 Å². The van der Waals surface area contributed by atoms with E-state index in [4.69, 9.17) is 5.41 Å². The molecule has 0 saturated heterocycles. The summed E-state index contributed by atoms with van der Waals surface area (Å²) in [4.78, 5) is 5.63. The first-order chi connectivity index (χ1) is 11.8. The third-order valence-electron chi connectivity index (χ3n) is 5.28. The van der Waals surface area contributed by atoms with Crippen LogP contribution in [0.3, 0.4) is 0 Å². The van der Waals surface area contributed by atoms with Gasteiger partial charge in [-0.05, 0) is 53.8 Å². The molecule has 0 saturated carbocycles. The highest BCUT2D eigenvalue weighted by Gasteiger charge is 2.28. The highest BCUT2D eigenvalue weighted by atomic mass is 32.1. The average Bonchev–Trinajstić information content (AvgIpc) is 2.93. The number of nitrogens with zero attached hydrogens (tertiary/aromatic N) is 1. The van der Waals surface area contributed by atoms with Crippen molar-refractivity contribution < 1.29 is 0 Å². The molecule has 0 spiro atoms. The molecular formula is C22H26N2S. The maximum absolute atomic E-state index is 8.73. The molecule has 130 valence electrons. The van der Waals surface area contributed by atoms with Crippen molar-refractivity contribution in [3.8, 4) is 0 Å². The molecule has 0 amide bonds. The first kappa shape index (κ1) is 17.8. The SMILES string of the molecule is C=C(C)C1=C(N=CC)Cc2c(sc3cc(C(C)(C)CC)ccc23)C1=N. The van der Waals surface area contributed by atoms with Crippen LogP contribution in [0.2, 0.25) is 0 Å². The quantitative estimate of drug-likeness (QED) is 0.617. The third kappa shape index (κ3) is 2.91. The molecule has 1 N–H and O–H groups in total. The number of benzene rings is 1. The van der Waals surface area contributed by atoms with Crippen molar-refractivity contribution in [2.45, 2.75) is 52.9 Å². The number of hydrogen-bond acceptors (Lipinski definition) is 3. The minimum Gasteiger partial charge on any atom is -0.299 e. The van der Waals surface area contributed by atoms with E-state index in [9.17, 15) is 0 Å². The number of allylic oxidation sites excluding steroid dienone is 3. The molecular weight excluding hydrogens is 324 g/mol. The van der Waals surface area contributed by atoms with E-state index in [0.29, 0.717) is 5.71 Å². The molecule has 0 fully saturated rings. The second kappa shape index (κ2) is 6.38. The van der Waals surface area contributed by atoms with E-state index in [1.807, 2.05) is 20.1 Å². The van der Waals surface area contributed by atoms with Crippen molar-refractivity contribution in [1.29, 1.82) is 5.41 Å². The van der Waals surface area contributed by atoms with Gasteiger partial charge < -0.3 is 0 Å². The van der Waals surface area contributed by atoms with Crippen molar-refractivity contribution in [3.05, 3.63) is 57.6 Å². The van der Waals surface area contributed by atoms with Gasteiger partial charge in [-0.15, -0.1) is 11.3 Å². The zero-order valence-corrected chi connectivity index (χ0v) is 16.6. The van der Waals surface area contributed by atoms with Crippen LogP contribution in [0, 0.1) is 5.41 Å². The molecule has 1 aromatic carbocycles. The molecule has 0 radical (unpaired) electrons. The maximum atomic E-state index is 8.73. The fourth-order valence-electron chi connectivity index (χ4n) is 3.39. The van der Waals surface area contributed by atoms with Gasteiger partial charge in [-0.25, -0.2) is 0 Å². The van der Waals surface area contributed by atoms with E-state index < -0.39 is 0 Å². The summed E-state index contributed by atoms with van der Waals surface area (Å²) in [5, 5.41) is 10.00. The molecule has 2 nitrogen and oxygen atoms in total. The second-order valence-electron chi connectivity index (χ2n) is 7.40. The lowest BCUT2D eigenvalue weighted by Gasteiger charge is -2.23. The maximum Gasteiger partial charge on any atom is 0.0808 e. The van der Waals surface area contributed by atoms with Crippen LogP contribution in [0.25, 0.3) is 10.1 Å². The average molecular weight is 351 g/mol. The van der Waals surface area contributed by atoms with E-state index in [1.54, 1.807) is 11.3 Å². The predicted molar refractivity (Wildman–Crippen MR) is 112 cm³/mol. The minimum absolute atomic E-state index is 0.172. The van der Waals surface area contributed by atoms with Crippen LogP contribution in [-0.4, -0.2) is 11.9 Å². The fraction of sp³-hybridized carbons (Fsp3) is 0.364. The Labute approximate surface area is 154 Å². The number of thiophene rings is 1. The monoisotopic (exact) mass is 350 g/mol. The molecule has 25 heavy (non-hydrogen) atoms. The molecule has 1 heterocycles. The van der Waals surface area contributed by atoms with E-state index in [-0.39, 0.29) is 5.41 Å². The molecule has 1 aromatic heterocycles.